The van der Waals surface area contributed by atoms with Gasteiger partial charge in [-0.1, -0.05) is 39.8 Å². The number of hydrogen-bond donors (Lipinski definition) is 1. The van der Waals surface area contributed by atoms with E-state index < -0.39 is 5.82 Å². The fraction of sp³-hybridized carbons (Fsp3) is 0.0476. The number of carbonyl (C=O) groups excluding carboxylic acids is 1. The smallest absolute Gasteiger partial charge is 0.234 e. The molecule has 6 nitrogen and oxygen atoms in total. The van der Waals surface area contributed by atoms with E-state index in [1.54, 1.807) is 24.5 Å². The molecule has 0 unspecified atom stereocenters. The van der Waals surface area contributed by atoms with Gasteiger partial charge < -0.3 is 5.32 Å². The SMILES string of the molecule is O=C(CSc1nnc(-c2cccnc2)n1-c1ccc(Br)cc1)Nc1ccccc1F. The number of thioether (sulfide) groups is 1. The fourth-order valence-corrected chi connectivity index (χ4v) is 3.76. The molecule has 9 heteroatoms. The molecule has 4 aromatic rings. The Labute approximate surface area is 184 Å². The molecular weight excluding hydrogens is 469 g/mol. The number of nitrogens with zero attached hydrogens (tertiary/aromatic N) is 4. The van der Waals surface area contributed by atoms with Gasteiger partial charge in [0.1, 0.15) is 5.82 Å². The molecule has 0 bridgehead atoms. The third-order valence-electron chi connectivity index (χ3n) is 4.12. The van der Waals surface area contributed by atoms with Crippen molar-refractivity contribution in [2.45, 2.75) is 5.16 Å². The monoisotopic (exact) mass is 483 g/mol. The summed E-state index contributed by atoms with van der Waals surface area (Å²) in [4.78, 5) is 16.5. The number of anilines is 1. The first kappa shape index (κ1) is 20.2. The molecule has 2 aromatic heterocycles. The minimum Gasteiger partial charge on any atom is -0.323 e. The summed E-state index contributed by atoms with van der Waals surface area (Å²) >= 11 is 4.66. The summed E-state index contributed by atoms with van der Waals surface area (Å²) in [6, 6.07) is 17.5. The summed E-state index contributed by atoms with van der Waals surface area (Å²) in [7, 11) is 0. The van der Waals surface area contributed by atoms with Crippen molar-refractivity contribution in [2.24, 2.45) is 0 Å². The number of amides is 1. The molecule has 4 rings (SSSR count). The first-order valence-corrected chi connectivity index (χ1v) is 10.7. The van der Waals surface area contributed by atoms with Crippen molar-refractivity contribution in [3.8, 4) is 17.1 Å². The second kappa shape index (κ2) is 9.19. The third kappa shape index (κ3) is 4.58. The predicted molar refractivity (Wildman–Crippen MR) is 118 cm³/mol. The summed E-state index contributed by atoms with van der Waals surface area (Å²) < 4.78 is 16.6. The lowest BCUT2D eigenvalue weighted by Gasteiger charge is -2.11. The zero-order valence-electron chi connectivity index (χ0n) is 15.5. The third-order valence-corrected chi connectivity index (χ3v) is 5.58. The lowest BCUT2D eigenvalue weighted by atomic mass is 10.2. The Morgan fingerprint density at radius 1 is 1.07 bits per heavy atom. The van der Waals surface area contributed by atoms with Crippen LogP contribution in [0.2, 0.25) is 0 Å². The van der Waals surface area contributed by atoms with Crippen LogP contribution in [0.3, 0.4) is 0 Å². The quantitative estimate of drug-likeness (QED) is 0.392. The molecule has 0 aliphatic heterocycles. The van der Waals surface area contributed by atoms with Crippen molar-refractivity contribution in [3.63, 3.8) is 0 Å². The van der Waals surface area contributed by atoms with Crippen LogP contribution in [0.15, 0.2) is 82.7 Å². The highest BCUT2D eigenvalue weighted by molar-refractivity contribution is 9.10. The van der Waals surface area contributed by atoms with Gasteiger partial charge in [-0.3, -0.25) is 14.3 Å². The van der Waals surface area contributed by atoms with Crippen LogP contribution in [0, 0.1) is 5.82 Å². The molecule has 1 amide bonds. The van der Waals surface area contributed by atoms with E-state index in [1.807, 2.05) is 41.0 Å². The molecule has 30 heavy (non-hydrogen) atoms. The van der Waals surface area contributed by atoms with Crippen LogP contribution >= 0.6 is 27.7 Å². The van der Waals surface area contributed by atoms with E-state index in [4.69, 9.17) is 0 Å². The van der Waals surface area contributed by atoms with E-state index >= 15 is 0 Å². The molecule has 1 N–H and O–H groups in total. The number of para-hydroxylation sites is 1. The van der Waals surface area contributed by atoms with E-state index in [-0.39, 0.29) is 17.3 Å². The van der Waals surface area contributed by atoms with Gasteiger partial charge in [0.25, 0.3) is 0 Å². The zero-order chi connectivity index (χ0) is 20.9. The first-order valence-electron chi connectivity index (χ1n) is 8.91. The Morgan fingerprint density at radius 3 is 2.60 bits per heavy atom. The van der Waals surface area contributed by atoms with Gasteiger partial charge in [0.2, 0.25) is 5.91 Å². The lowest BCUT2D eigenvalue weighted by molar-refractivity contribution is -0.113. The molecule has 0 saturated heterocycles. The van der Waals surface area contributed by atoms with Crippen LogP contribution in [0.4, 0.5) is 10.1 Å². The fourth-order valence-electron chi connectivity index (χ4n) is 2.75. The number of benzene rings is 2. The molecule has 2 heterocycles. The molecule has 0 aliphatic carbocycles. The summed E-state index contributed by atoms with van der Waals surface area (Å²) in [5.41, 5.74) is 1.79. The minimum atomic E-state index is -0.479. The van der Waals surface area contributed by atoms with Crippen LogP contribution < -0.4 is 5.32 Å². The maximum absolute atomic E-state index is 13.8. The summed E-state index contributed by atoms with van der Waals surface area (Å²) in [5.74, 6) is -0.149. The van der Waals surface area contributed by atoms with Gasteiger partial charge in [0.15, 0.2) is 11.0 Å². The molecular formula is C21H15BrFN5OS. The number of aromatic nitrogens is 4. The number of halogens is 2. The normalized spacial score (nSPS) is 10.7. The van der Waals surface area contributed by atoms with Crippen molar-refractivity contribution in [3.05, 3.63) is 83.3 Å². The van der Waals surface area contributed by atoms with Crippen molar-refractivity contribution in [2.75, 3.05) is 11.1 Å². The Kier molecular flexibility index (Phi) is 6.20. The highest BCUT2D eigenvalue weighted by Crippen LogP contribution is 2.28. The average Bonchev–Trinajstić information content (AvgIpc) is 3.19. The number of rotatable bonds is 6. The van der Waals surface area contributed by atoms with Gasteiger partial charge in [-0.05, 0) is 48.5 Å². The van der Waals surface area contributed by atoms with Crippen molar-refractivity contribution < 1.29 is 9.18 Å². The summed E-state index contributed by atoms with van der Waals surface area (Å²) in [6.45, 7) is 0. The van der Waals surface area contributed by atoms with Crippen LogP contribution in [0.1, 0.15) is 0 Å². The highest BCUT2D eigenvalue weighted by Gasteiger charge is 2.18. The molecule has 2 aromatic carbocycles. The van der Waals surface area contributed by atoms with E-state index in [9.17, 15) is 9.18 Å². The van der Waals surface area contributed by atoms with Gasteiger partial charge in [-0.2, -0.15) is 0 Å². The molecule has 0 atom stereocenters. The Balaban J connectivity index is 1.60. The maximum Gasteiger partial charge on any atom is 0.234 e. The lowest BCUT2D eigenvalue weighted by Crippen LogP contribution is -2.15. The number of hydrogen-bond acceptors (Lipinski definition) is 5. The van der Waals surface area contributed by atoms with Crippen LogP contribution in [0.25, 0.3) is 17.1 Å². The largest absolute Gasteiger partial charge is 0.323 e. The first-order chi connectivity index (χ1) is 14.6. The molecule has 0 spiro atoms. The number of pyridine rings is 1. The molecule has 0 saturated carbocycles. The Morgan fingerprint density at radius 2 is 1.87 bits per heavy atom. The molecule has 150 valence electrons. The predicted octanol–water partition coefficient (Wildman–Crippen LogP) is 4.96. The molecule has 0 fully saturated rings. The van der Waals surface area contributed by atoms with Gasteiger partial charge in [0, 0.05) is 28.1 Å². The standard InChI is InChI=1S/C21H15BrFN5OS/c22-15-7-9-16(10-8-15)28-20(14-4-3-11-24-12-14)26-27-21(28)30-13-19(29)25-18-6-2-1-5-17(18)23/h1-12H,13H2,(H,25,29). The van der Waals surface area contributed by atoms with Crippen LogP contribution in [-0.4, -0.2) is 31.4 Å². The number of nitrogens with one attached hydrogen (secondary N) is 1. The summed E-state index contributed by atoms with van der Waals surface area (Å²) in [5, 5.41) is 11.7. The van der Waals surface area contributed by atoms with E-state index in [2.05, 4.69) is 36.4 Å². The van der Waals surface area contributed by atoms with Crippen LogP contribution in [0.5, 0.6) is 0 Å². The van der Waals surface area contributed by atoms with Gasteiger partial charge in [-0.15, -0.1) is 10.2 Å². The second-order valence-corrected chi connectivity index (χ2v) is 8.03. The van der Waals surface area contributed by atoms with Gasteiger partial charge in [0.05, 0.1) is 11.4 Å². The summed E-state index contributed by atoms with van der Waals surface area (Å²) in [6.07, 6.45) is 3.39. The highest BCUT2D eigenvalue weighted by atomic mass is 79.9. The van der Waals surface area contributed by atoms with Gasteiger partial charge in [-0.25, -0.2) is 4.39 Å². The minimum absolute atomic E-state index is 0.0516. The topological polar surface area (TPSA) is 72.7 Å². The average molecular weight is 484 g/mol. The number of carbonyl (C=O) groups is 1. The van der Waals surface area contributed by atoms with Gasteiger partial charge >= 0.3 is 0 Å². The van der Waals surface area contributed by atoms with Crippen molar-refractivity contribution >= 4 is 39.3 Å². The van der Waals surface area contributed by atoms with E-state index in [1.165, 1.54) is 23.9 Å². The van der Waals surface area contributed by atoms with Crippen molar-refractivity contribution in [1.82, 2.24) is 19.7 Å². The Bertz CT molecular complexity index is 1170. The van der Waals surface area contributed by atoms with E-state index in [0.717, 1.165) is 15.7 Å². The van der Waals surface area contributed by atoms with Crippen molar-refractivity contribution in [1.29, 1.82) is 0 Å². The van der Waals surface area contributed by atoms with E-state index in [0.29, 0.717) is 11.0 Å². The maximum atomic E-state index is 13.8. The molecule has 0 aliphatic rings. The second-order valence-electron chi connectivity index (χ2n) is 6.18. The van der Waals surface area contributed by atoms with Crippen LogP contribution in [-0.2, 0) is 4.79 Å². The molecule has 0 radical (unpaired) electrons. The zero-order valence-corrected chi connectivity index (χ0v) is 17.9. The Hall–Kier alpha value is -3.04.